The number of rotatable bonds is 4. The van der Waals surface area contributed by atoms with Gasteiger partial charge in [0.2, 0.25) is 5.91 Å². The molecule has 2 aromatic carbocycles. The van der Waals surface area contributed by atoms with E-state index in [1.807, 2.05) is 0 Å². The Morgan fingerprint density at radius 3 is 2.40 bits per heavy atom. The average Bonchev–Trinajstić information content (AvgIpc) is 2.98. The molecule has 8 heteroatoms. The summed E-state index contributed by atoms with van der Waals surface area (Å²) in [6.07, 6.45) is 4.72. The summed E-state index contributed by atoms with van der Waals surface area (Å²) in [6.45, 7) is 0.355. The van der Waals surface area contributed by atoms with Gasteiger partial charge in [-0.15, -0.1) is 0 Å². The number of nitrogens with one attached hydrogen (secondary N) is 1. The minimum Gasteiger partial charge on any atom is -0.324 e. The number of nitrogens with zero attached hydrogens (tertiary/aromatic N) is 2. The highest BCUT2D eigenvalue weighted by Crippen LogP contribution is 2.41. The zero-order valence-corrected chi connectivity index (χ0v) is 17.1. The second kappa shape index (κ2) is 8.22. The Morgan fingerprint density at radius 2 is 1.73 bits per heavy atom. The van der Waals surface area contributed by atoms with Crippen molar-refractivity contribution in [3.05, 3.63) is 59.1 Å². The van der Waals surface area contributed by atoms with Crippen LogP contribution in [-0.2, 0) is 4.79 Å². The van der Waals surface area contributed by atoms with Gasteiger partial charge in [-0.25, -0.2) is 13.6 Å². The number of benzene rings is 2. The quantitative estimate of drug-likeness (QED) is 0.720. The van der Waals surface area contributed by atoms with Crippen LogP contribution in [0.3, 0.4) is 0 Å². The Labute approximate surface area is 178 Å². The second-order valence-corrected chi connectivity index (χ2v) is 8.33. The van der Waals surface area contributed by atoms with Crippen molar-refractivity contribution in [2.24, 2.45) is 0 Å². The summed E-state index contributed by atoms with van der Waals surface area (Å²) in [6, 6.07) is 9.99. The first-order valence-electron chi connectivity index (χ1n) is 9.98. The first-order chi connectivity index (χ1) is 14.4. The van der Waals surface area contributed by atoms with Crippen LogP contribution in [0.25, 0.3) is 0 Å². The molecule has 1 saturated heterocycles. The summed E-state index contributed by atoms with van der Waals surface area (Å²) in [5.74, 6) is -2.47. The summed E-state index contributed by atoms with van der Waals surface area (Å²) >= 11 is 5.98. The molecule has 0 bridgehead atoms. The lowest BCUT2D eigenvalue weighted by Gasteiger charge is -2.39. The molecule has 4 rings (SSSR count). The molecule has 1 aliphatic heterocycles. The molecule has 1 aliphatic carbocycles. The van der Waals surface area contributed by atoms with Crippen molar-refractivity contribution < 1.29 is 18.4 Å². The average molecular weight is 434 g/mol. The van der Waals surface area contributed by atoms with Crippen LogP contribution >= 0.6 is 11.6 Å². The fourth-order valence-electron chi connectivity index (χ4n) is 4.41. The number of halogens is 3. The topological polar surface area (TPSA) is 52.7 Å². The van der Waals surface area contributed by atoms with E-state index in [1.165, 1.54) is 6.07 Å². The highest BCUT2D eigenvalue weighted by Gasteiger charge is 2.50. The number of anilines is 2. The van der Waals surface area contributed by atoms with Gasteiger partial charge in [0.05, 0.1) is 12.1 Å². The molecule has 1 saturated carbocycles. The van der Waals surface area contributed by atoms with Gasteiger partial charge in [0.25, 0.3) is 0 Å². The van der Waals surface area contributed by atoms with E-state index in [0.29, 0.717) is 11.6 Å². The molecule has 2 aromatic rings. The van der Waals surface area contributed by atoms with E-state index in [-0.39, 0.29) is 18.3 Å². The predicted molar refractivity (Wildman–Crippen MR) is 112 cm³/mol. The lowest BCUT2D eigenvalue weighted by Crippen LogP contribution is -2.51. The molecule has 2 fully saturated rings. The number of amides is 3. The third-order valence-corrected chi connectivity index (χ3v) is 6.17. The Kier molecular flexibility index (Phi) is 5.64. The van der Waals surface area contributed by atoms with E-state index in [2.05, 4.69) is 5.32 Å². The standard InChI is InChI=1S/C22H22ClF2N3O2/c23-15-4-7-17(8-5-15)27-14-22(10-2-1-3-11-22)28(21(27)30)13-20(29)26-16-6-9-18(24)19(25)12-16/h4-9,12H,1-3,10-11,13-14H2,(H,26,29). The molecule has 1 spiro atoms. The Hall–Kier alpha value is -2.67. The smallest absolute Gasteiger partial charge is 0.324 e. The molecule has 2 aliphatic rings. The minimum absolute atomic E-state index is 0.151. The van der Waals surface area contributed by atoms with Crippen LogP contribution in [0.1, 0.15) is 32.1 Å². The predicted octanol–water partition coefficient (Wildman–Crippen LogP) is 5.20. The normalized spacial score (nSPS) is 18.2. The molecular weight excluding hydrogens is 412 g/mol. The SMILES string of the molecule is O=C(CN1C(=O)N(c2ccc(Cl)cc2)CC12CCCCC2)Nc1ccc(F)c(F)c1. The van der Waals surface area contributed by atoms with Gasteiger partial charge >= 0.3 is 6.03 Å². The van der Waals surface area contributed by atoms with Gasteiger partial charge in [-0.05, 0) is 49.2 Å². The maximum absolute atomic E-state index is 13.4. The second-order valence-electron chi connectivity index (χ2n) is 7.89. The van der Waals surface area contributed by atoms with Crippen molar-refractivity contribution >= 4 is 34.9 Å². The Morgan fingerprint density at radius 1 is 1.03 bits per heavy atom. The van der Waals surface area contributed by atoms with Crippen molar-refractivity contribution in [3.63, 3.8) is 0 Å². The van der Waals surface area contributed by atoms with Crippen LogP contribution < -0.4 is 10.2 Å². The Balaban J connectivity index is 1.55. The lowest BCUT2D eigenvalue weighted by molar-refractivity contribution is -0.117. The van der Waals surface area contributed by atoms with Crippen molar-refractivity contribution in [1.29, 1.82) is 0 Å². The molecule has 3 amide bonds. The number of urea groups is 1. The van der Waals surface area contributed by atoms with Crippen molar-refractivity contribution in [3.8, 4) is 0 Å². The monoisotopic (exact) mass is 433 g/mol. The summed E-state index contributed by atoms with van der Waals surface area (Å²) in [4.78, 5) is 29.3. The van der Waals surface area contributed by atoms with Gasteiger partial charge in [-0.1, -0.05) is 30.9 Å². The van der Waals surface area contributed by atoms with Crippen LogP contribution in [0.4, 0.5) is 25.0 Å². The highest BCUT2D eigenvalue weighted by atomic mass is 35.5. The fraction of sp³-hybridized carbons (Fsp3) is 0.364. The van der Waals surface area contributed by atoms with Crippen LogP contribution in [0, 0.1) is 11.6 Å². The zero-order chi connectivity index (χ0) is 21.3. The molecule has 158 valence electrons. The van der Waals surface area contributed by atoms with Crippen LogP contribution in [0.5, 0.6) is 0 Å². The summed E-state index contributed by atoms with van der Waals surface area (Å²) in [5.41, 5.74) is 0.469. The number of carbonyl (C=O) groups is 2. The minimum atomic E-state index is -1.04. The first kappa shape index (κ1) is 20.6. The van der Waals surface area contributed by atoms with Gasteiger partial charge in [0.15, 0.2) is 11.6 Å². The molecule has 0 atom stereocenters. The van der Waals surface area contributed by atoms with Gasteiger partial charge < -0.3 is 10.2 Å². The van der Waals surface area contributed by atoms with Gasteiger partial charge in [-0.3, -0.25) is 9.69 Å². The highest BCUT2D eigenvalue weighted by molar-refractivity contribution is 6.30. The van der Waals surface area contributed by atoms with Crippen LogP contribution in [0.15, 0.2) is 42.5 Å². The van der Waals surface area contributed by atoms with E-state index in [9.17, 15) is 18.4 Å². The van der Waals surface area contributed by atoms with Crippen LogP contribution in [-0.4, -0.2) is 35.5 Å². The van der Waals surface area contributed by atoms with E-state index in [1.54, 1.807) is 34.1 Å². The molecule has 5 nitrogen and oxygen atoms in total. The van der Waals surface area contributed by atoms with Crippen molar-refractivity contribution in [2.75, 3.05) is 23.3 Å². The van der Waals surface area contributed by atoms with E-state index < -0.39 is 23.1 Å². The third kappa shape index (κ3) is 3.99. The summed E-state index contributed by atoms with van der Waals surface area (Å²) in [7, 11) is 0. The number of hydrogen-bond donors (Lipinski definition) is 1. The molecule has 1 heterocycles. The van der Waals surface area contributed by atoms with E-state index in [4.69, 9.17) is 11.6 Å². The number of carbonyl (C=O) groups excluding carboxylic acids is 2. The van der Waals surface area contributed by atoms with Crippen molar-refractivity contribution in [1.82, 2.24) is 4.90 Å². The third-order valence-electron chi connectivity index (χ3n) is 5.91. The zero-order valence-electron chi connectivity index (χ0n) is 16.3. The Bertz CT molecular complexity index is 961. The van der Waals surface area contributed by atoms with Crippen molar-refractivity contribution in [2.45, 2.75) is 37.6 Å². The molecular formula is C22H22ClF2N3O2. The molecule has 0 radical (unpaired) electrons. The first-order valence-corrected chi connectivity index (χ1v) is 10.4. The van der Waals surface area contributed by atoms with Gasteiger partial charge in [-0.2, -0.15) is 0 Å². The maximum atomic E-state index is 13.4. The van der Waals surface area contributed by atoms with E-state index >= 15 is 0 Å². The molecule has 0 unspecified atom stereocenters. The fourth-order valence-corrected chi connectivity index (χ4v) is 4.54. The molecule has 1 N–H and O–H groups in total. The summed E-state index contributed by atoms with van der Waals surface area (Å²) < 4.78 is 26.6. The van der Waals surface area contributed by atoms with Gasteiger partial charge in [0, 0.05) is 22.5 Å². The maximum Gasteiger partial charge on any atom is 0.325 e. The largest absolute Gasteiger partial charge is 0.325 e. The van der Waals surface area contributed by atoms with E-state index in [0.717, 1.165) is 49.9 Å². The summed E-state index contributed by atoms with van der Waals surface area (Å²) in [5, 5.41) is 3.15. The molecule has 30 heavy (non-hydrogen) atoms. The molecule has 0 aromatic heterocycles. The lowest BCUT2D eigenvalue weighted by atomic mass is 9.81. The number of hydrogen-bond acceptors (Lipinski definition) is 2. The van der Waals surface area contributed by atoms with Gasteiger partial charge in [0.1, 0.15) is 6.54 Å². The van der Waals surface area contributed by atoms with Crippen LogP contribution in [0.2, 0.25) is 5.02 Å².